The molecule has 0 bridgehead atoms. The van der Waals surface area contributed by atoms with Crippen molar-refractivity contribution in [1.29, 1.82) is 0 Å². The summed E-state index contributed by atoms with van der Waals surface area (Å²) >= 11 is 10.1. The minimum absolute atomic E-state index is 0.246. The highest BCUT2D eigenvalue weighted by Gasteiger charge is 2.27. The van der Waals surface area contributed by atoms with E-state index in [0.717, 1.165) is 12.2 Å². The average Bonchev–Trinajstić information content (AvgIpc) is 2.27. The lowest BCUT2D eigenvalue weighted by atomic mass is 10.1. The molecule has 14 heavy (non-hydrogen) atoms. The predicted octanol–water partition coefficient (Wildman–Crippen LogP) is 4.19. The van der Waals surface area contributed by atoms with Gasteiger partial charge in [0, 0.05) is 0 Å². The van der Waals surface area contributed by atoms with Crippen LogP contribution in [0.25, 0.3) is 0 Å². The lowest BCUT2D eigenvalue weighted by Crippen LogP contribution is -2.14. The highest BCUT2D eigenvalue weighted by Crippen LogP contribution is 2.42. The minimum atomic E-state index is -0.246. The van der Waals surface area contributed by atoms with Crippen molar-refractivity contribution in [1.82, 2.24) is 0 Å². The van der Waals surface area contributed by atoms with E-state index >= 15 is 0 Å². The fourth-order valence-corrected chi connectivity index (χ4v) is 2.93. The molecule has 0 nitrogen and oxygen atoms in total. The Hall–Kier alpha value is 0.210. The molecule has 0 heterocycles. The zero-order chi connectivity index (χ0) is 10.4. The zero-order valence-electron chi connectivity index (χ0n) is 8.50. The second-order valence-corrected chi connectivity index (χ2v) is 6.00. The standard InChI is InChI=1S/C11H15ClS2/c1-13-9-8-11(12,14-2)10-6-4-3-5-7-10/h3-7H,8-9H2,1-2H3. The van der Waals surface area contributed by atoms with Crippen molar-refractivity contribution >= 4 is 35.1 Å². The van der Waals surface area contributed by atoms with E-state index in [-0.39, 0.29) is 4.21 Å². The van der Waals surface area contributed by atoms with Gasteiger partial charge in [-0.15, -0.1) is 23.4 Å². The highest BCUT2D eigenvalue weighted by atomic mass is 35.5. The molecule has 1 unspecified atom stereocenters. The van der Waals surface area contributed by atoms with Gasteiger partial charge in [-0.05, 0) is 30.2 Å². The highest BCUT2D eigenvalue weighted by molar-refractivity contribution is 8.01. The van der Waals surface area contributed by atoms with Crippen molar-refractivity contribution in [2.45, 2.75) is 10.6 Å². The van der Waals surface area contributed by atoms with Crippen molar-refractivity contribution in [3.63, 3.8) is 0 Å². The van der Waals surface area contributed by atoms with Gasteiger partial charge in [-0.25, -0.2) is 0 Å². The Kier molecular flexibility index (Phi) is 5.21. The van der Waals surface area contributed by atoms with Gasteiger partial charge in [0.15, 0.2) is 0 Å². The summed E-state index contributed by atoms with van der Waals surface area (Å²) in [5, 5.41) is 0. The first-order valence-corrected chi connectivity index (χ1v) is 7.51. The third-order valence-corrected chi connectivity index (χ3v) is 4.73. The van der Waals surface area contributed by atoms with Crippen LogP contribution in [0.5, 0.6) is 0 Å². The molecule has 0 radical (unpaired) electrons. The Morgan fingerprint density at radius 1 is 1.21 bits per heavy atom. The molecule has 0 aliphatic rings. The molecular formula is C11H15ClS2. The minimum Gasteiger partial charge on any atom is -0.165 e. The molecule has 0 spiro atoms. The van der Waals surface area contributed by atoms with Crippen molar-refractivity contribution in [3.8, 4) is 0 Å². The Labute approximate surface area is 99.8 Å². The summed E-state index contributed by atoms with van der Waals surface area (Å²) in [5.41, 5.74) is 1.21. The number of rotatable bonds is 5. The summed E-state index contributed by atoms with van der Waals surface area (Å²) in [6.07, 6.45) is 5.18. The van der Waals surface area contributed by atoms with Crippen LogP contribution in [0.4, 0.5) is 0 Å². The second kappa shape index (κ2) is 5.94. The molecule has 3 heteroatoms. The van der Waals surface area contributed by atoms with Crippen molar-refractivity contribution in [2.75, 3.05) is 18.3 Å². The summed E-state index contributed by atoms with van der Waals surface area (Å²) in [4.78, 5) is 0. The van der Waals surface area contributed by atoms with Gasteiger partial charge < -0.3 is 0 Å². The van der Waals surface area contributed by atoms with Gasteiger partial charge in [0.2, 0.25) is 0 Å². The Bertz CT molecular complexity index is 263. The van der Waals surface area contributed by atoms with E-state index in [4.69, 9.17) is 11.6 Å². The van der Waals surface area contributed by atoms with E-state index in [1.54, 1.807) is 11.8 Å². The number of alkyl halides is 1. The topological polar surface area (TPSA) is 0 Å². The molecule has 0 saturated heterocycles. The fraction of sp³-hybridized carbons (Fsp3) is 0.455. The van der Waals surface area contributed by atoms with E-state index in [1.165, 1.54) is 5.56 Å². The molecule has 78 valence electrons. The SMILES string of the molecule is CSCCC(Cl)(SC)c1ccccc1. The molecule has 0 amide bonds. The fourth-order valence-electron chi connectivity index (χ4n) is 1.28. The summed E-state index contributed by atoms with van der Waals surface area (Å²) < 4.78 is -0.246. The van der Waals surface area contributed by atoms with E-state index in [2.05, 4.69) is 24.6 Å². The normalized spacial score (nSPS) is 15.1. The maximum absolute atomic E-state index is 6.58. The van der Waals surface area contributed by atoms with E-state index in [9.17, 15) is 0 Å². The van der Waals surface area contributed by atoms with Crippen LogP contribution >= 0.6 is 35.1 Å². The van der Waals surface area contributed by atoms with Crippen LogP contribution in [-0.2, 0) is 4.21 Å². The molecule has 0 fully saturated rings. The molecule has 1 aromatic carbocycles. The molecule has 0 saturated carbocycles. The van der Waals surface area contributed by atoms with E-state index in [0.29, 0.717) is 0 Å². The summed E-state index contributed by atoms with van der Waals surface area (Å²) in [6, 6.07) is 10.3. The summed E-state index contributed by atoms with van der Waals surface area (Å²) in [7, 11) is 0. The van der Waals surface area contributed by atoms with Crippen LogP contribution in [0.2, 0.25) is 0 Å². The third-order valence-electron chi connectivity index (χ3n) is 2.16. The van der Waals surface area contributed by atoms with Gasteiger partial charge in [-0.3, -0.25) is 0 Å². The Morgan fingerprint density at radius 3 is 2.36 bits per heavy atom. The first-order valence-electron chi connectivity index (χ1n) is 4.51. The maximum atomic E-state index is 6.58. The quantitative estimate of drug-likeness (QED) is 0.715. The number of halogens is 1. The Balaban J connectivity index is 2.79. The first kappa shape index (κ1) is 12.3. The van der Waals surface area contributed by atoms with Crippen LogP contribution in [0.1, 0.15) is 12.0 Å². The summed E-state index contributed by atoms with van der Waals surface area (Å²) in [5.74, 6) is 1.10. The molecule has 1 aromatic rings. The molecule has 0 aliphatic heterocycles. The Morgan fingerprint density at radius 2 is 1.86 bits per heavy atom. The molecule has 0 N–H and O–H groups in total. The smallest absolute Gasteiger partial charge is 0.115 e. The van der Waals surface area contributed by atoms with E-state index < -0.39 is 0 Å². The number of hydrogen-bond donors (Lipinski definition) is 0. The second-order valence-electron chi connectivity index (χ2n) is 3.04. The van der Waals surface area contributed by atoms with Crippen molar-refractivity contribution in [2.24, 2.45) is 0 Å². The van der Waals surface area contributed by atoms with Crippen molar-refractivity contribution < 1.29 is 0 Å². The first-order chi connectivity index (χ1) is 6.73. The van der Waals surface area contributed by atoms with Crippen LogP contribution in [0.3, 0.4) is 0 Å². The number of thioether (sulfide) groups is 2. The zero-order valence-corrected chi connectivity index (χ0v) is 10.9. The molecular weight excluding hydrogens is 232 g/mol. The van der Waals surface area contributed by atoms with Gasteiger partial charge in [0.1, 0.15) is 4.21 Å². The number of hydrogen-bond acceptors (Lipinski definition) is 2. The molecule has 1 atom stereocenters. The van der Waals surface area contributed by atoms with Crippen LogP contribution < -0.4 is 0 Å². The van der Waals surface area contributed by atoms with Gasteiger partial charge >= 0.3 is 0 Å². The maximum Gasteiger partial charge on any atom is 0.115 e. The van der Waals surface area contributed by atoms with Gasteiger partial charge in [0.25, 0.3) is 0 Å². The average molecular weight is 247 g/mol. The third kappa shape index (κ3) is 3.11. The van der Waals surface area contributed by atoms with Crippen molar-refractivity contribution in [3.05, 3.63) is 35.9 Å². The van der Waals surface area contributed by atoms with E-state index in [1.807, 2.05) is 30.0 Å². The van der Waals surface area contributed by atoms with Gasteiger partial charge in [-0.2, -0.15) is 11.8 Å². The van der Waals surface area contributed by atoms with Crippen LogP contribution in [0.15, 0.2) is 30.3 Å². The van der Waals surface area contributed by atoms with Gasteiger partial charge in [-0.1, -0.05) is 30.3 Å². The lowest BCUT2D eigenvalue weighted by molar-refractivity contribution is 0.831. The van der Waals surface area contributed by atoms with Gasteiger partial charge in [0.05, 0.1) is 0 Å². The lowest BCUT2D eigenvalue weighted by Gasteiger charge is -2.25. The molecule has 0 aliphatic carbocycles. The monoisotopic (exact) mass is 246 g/mol. The summed E-state index contributed by atoms with van der Waals surface area (Å²) in [6.45, 7) is 0. The van der Waals surface area contributed by atoms with Crippen LogP contribution in [0, 0.1) is 0 Å². The van der Waals surface area contributed by atoms with Crippen LogP contribution in [-0.4, -0.2) is 18.3 Å². The number of benzene rings is 1. The molecule has 0 aromatic heterocycles. The largest absolute Gasteiger partial charge is 0.165 e. The predicted molar refractivity (Wildman–Crippen MR) is 70.5 cm³/mol. The molecule has 1 rings (SSSR count).